The number of carbonyl (C=O) groups excluding carboxylic acids is 2. The molecular weight excluding hydrogens is 444 g/mol. The normalized spacial score (nSPS) is 29.3. The Morgan fingerprint density at radius 1 is 1.00 bits per heavy atom. The molecule has 1 aliphatic carbocycles. The minimum Gasteiger partial charge on any atom is -0.481 e. The average molecular weight is 485 g/mol. The fraction of sp³-hybridized carbons (Fsp3) is 0.667. The van der Waals surface area contributed by atoms with Gasteiger partial charge in [0.1, 0.15) is 6.04 Å². The lowest BCUT2D eigenvalue weighted by Crippen LogP contribution is -2.53. The Morgan fingerprint density at radius 3 is 2.46 bits per heavy atom. The third-order valence-electron chi connectivity index (χ3n) is 8.11. The fourth-order valence-electron chi connectivity index (χ4n) is 6.15. The average Bonchev–Trinajstić information content (AvgIpc) is 3.51. The van der Waals surface area contributed by atoms with Crippen molar-refractivity contribution >= 4 is 17.8 Å². The van der Waals surface area contributed by atoms with E-state index in [2.05, 4.69) is 22.3 Å². The quantitative estimate of drug-likeness (QED) is 0.495. The van der Waals surface area contributed by atoms with E-state index in [-0.39, 0.29) is 36.2 Å². The van der Waals surface area contributed by atoms with Gasteiger partial charge in [-0.15, -0.1) is 0 Å². The van der Waals surface area contributed by atoms with E-state index >= 15 is 0 Å². The molecule has 4 N–H and O–H groups in total. The van der Waals surface area contributed by atoms with Crippen LogP contribution in [0.5, 0.6) is 0 Å². The summed E-state index contributed by atoms with van der Waals surface area (Å²) < 4.78 is 0. The van der Waals surface area contributed by atoms with E-state index in [9.17, 15) is 14.4 Å². The SMILES string of the molecule is NC1CCC(CNC(=O)[C@@H]2CCCN2C(=O)[C@H]2[C@H](c3ccccc3)CCN2CCCC(=O)O)CC1. The first-order chi connectivity index (χ1) is 16.9. The molecule has 8 heteroatoms. The van der Waals surface area contributed by atoms with Crippen LogP contribution in [-0.4, -0.2) is 77.0 Å². The number of nitrogens with one attached hydrogen (secondary N) is 1. The summed E-state index contributed by atoms with van der Waals surface area (Å²) in [6.07, 6.45) is 7.07. The lowest BCUT2D eigenvalue weighted by molar-refractivity contribution is -0.142. The van der Waals surface area contributed by atoms with Gasteiger partial charge in [0.25, 0.3) is 0 Å². The summed E-state index contributed by atoms with van der Waals surface area (Å²) in [5, 5.41) is 12.2. The fourth-order valence-corrected chi connectivity index (χ4v) is 6.15. The van der Waals surface area contributed by atoms with Crippen molar-refractivity contribution in [1.82, 2.24) is 15.1 Å². The number of rotatable bonds is 9. The molecule has 0 aromatic heterocycles. The minimum absolute atomic E-state index is 0.00738. The first-order valence-electron chi connectivity index (χ1n) is 13.3. The van der Waals surface area contributed by atoms with Crippen molar-refractivity contribution in [1.29, 1.82) is 0 Å². The first-order valence-corrected chi connectivity index (χ1v) is 13.3. The number of amides is 2. The van der Waals surface area contributed by atoms with Crippen LogP contribution < -0.4 is 11.1 Å². The van der Waals surface area contributed by atoms with Crippen LogP contribution in [0.2, 0.25) is 0 Å². The first kappa shape index (κ1) is 25.6. The second kappa shape index (κ2) is 12.0. The summed E-state index contributed by atoms with van der Waals surface area (Å²) >= 11 is 0. The number of nitrogens with two attached hydrogens (primary N) is 1. The van der Waals surface area contributed by atoms with Crippen LogP contribution in [0.1, 0.15) is 69.3 Å². The van der Waals surface area contributed by atoms with Gasteiger partial charge in [0.15, 0.2) is 0 Å². The van der Waals surface area contributed by atoms with Crippen LogP contribution in [-0.2, 0) is 14.4 Å². The zero-order chi connectivity index (χ0) is 24.8. The van der Waals surface area contributed by atoms with E-state index in [1.165, 1.54) is 0 Å². The van der Waals surface area contributed by atoms with Crippen molar-refractivity contribution in [2.24, 2.45) is 11.7 Å². The highest BCUT2D eigenvalue weighted by atomic mass is 16.4. The van der Waals surface area contributed by atoms with Crippen LogP contribution in [0.15, 0.2) is 30.3 Å². The van der Waals surface area contributed by atoms with E-state index in [4.69, 9.17) is 10.8 Å². The molecular formula is C27H40N4O4. The van der Waals surface area contributed by atoms with Crippen molar-refractivity contribution in [3.8, 4) is 0 Å². The van der Waals surface area contributed by atoms with Crippen molar-refractivity contribution in [2.75, 3.05) is 26.2 Å². The number of likely N-dealkylation sites (tertiary alicyclic amines) is 2. The number of benzene rings is 1. The minimum atomic E-state index is -0.817. The third-order valence-corrected chi connectivity index (χ3v) is 8.11. The van der Waals surface area contributed by atoms with Crippen LogP contribution >= 0.6 is 0 Å². The largest absolute Gasteiger partial charge is 0.481 e. The van der Waals surface area contributed by atoms with Gasteiger partial charge in [-0.25, -0.2) is 0 Å². The molecule has 1 saturated carbocycles. The van der Waals surface area contributed by atoms with Gasteiger partial charge in [0, 0.05) is 31.5 Å². The van der Waals surface area contributed by atoms with E-state index in [0.29, 0.717) is 38.4 Å². The Bertz CT molecular complexity index is 871. The molecule has 35 heavy (non-hydrogen) atoms. The zero-order valence-corrected chi connectivity index (χ0v) is 20.6. The predicted molar refractivity (Wildman–Crippen MR) is 134 cm³/mol. The summed E-state index contributed by atoms with van der Waals surface area (Å²) in [4.78, 5) is 42.1. The molecule has 1 aromatic rings. The van der Waals surface area contributed by atoms with E-state index < -0.39 is 12.0 Å². The van der Waals surface area contributed by atoms with Crippen LogP contribution in [0.3, 0.4) is 0 Å². The van der Waals surface area contributed by atoms with Crippen molar-refractivity contribution < 1.29 is 19.5 Å². The number of carboxylic acid groups (broad SMARTS) is 1. The van der Waals surface area contributed by atoms with Gasteiger partial charge in [0.2, 0.25) is 11.8 Å². The summed E-state index contributed by atoms with van der Waals surface area (Å²) in [5.41, 5.74) is 7.14. The molecule has 3 atom stereocenters. The van der Waals surface area contributed by atoms with E-state index in [0.717, 1.165) is 50.6 Å². The summed E-state index contributed by atoms with van der Waals surface area (Å²) in [5.74, 6) is -0.344. The highest BCUT2D eigenvalue weighted by Crippen LogP contribution is 2.36. The van der Waals surface area contributed by atoms with Gasteiger partial charge in [-0.1, -0.05) is 30.3 Å². The molecule has 2 amide bonds. The van der Waals surface area contributed by atoms with Crippen molar-refractivity contribution in [3.63, 3.8) is 0 Å². The Morgan fingerprint density at radius 2 is 1.74 bits per heavy atom. The molecule has 8 nitrogen and oxygen atoms in total. The number of carbonyl (C=O) groups is 3. The lowest BCUT2D eigenvalue weighted by Gasteiger charge is -2.34. The van der Waals surface area contributed by atoms with Crippen molar-refractivity contribution in [3.05, 3.63) is 35.9 Å². The van der Waals surface area contributed by atoms with Gasteiger partial charge in [0.05, 0.1) is 6.04 Å². The van der Waals surface area contributed by atoms with E-state index in [1.807, 2.05) is 18.2 Å². The molecule has 2 aliphatic heterocycles. The highest BCUT2D eigenvalue weighted by Gasteiger charge is 2.45. The van der Waals surface area contributed by atoms with Gasteiger partial charge in [-0.05, 0) is 75.9 Å². The molecule has 3 aliphatic rings. The van der Waals surface area contributed by atoms with Crippen LogP contribution in [0, 0.1) is 5.92 Å². The molecule has 4 rings (SSSR count). The Kier molecular flexibility index (Phi) is 8.78. The maximum absolute atomic E-state index is 14.0. The number of nitrogens with zero attached hydrogens (tertiary/aromatic N) is 2. The standard InChI is InChI=1S/C27H40N4O4/c28-21-12-10-19(11-13-21)18-29-26(34)23-8-4-16-31(23)27(35)25-22(20-6-2-1-3-7-20)14-17-30(25)15-5-9-24(32)33/h1-3,6-7,19,21-23,25H,4-5,8-18,28H2,(H,29,34)(H,32,33)/t19?,21?,22-,23-,25+/m0/s1. The molecule has 0 unspecified atom stereocenters. The van der Waals surface area contributed by atoms with Crippen LogP contribution in [0.4, 0.5) is 0 Å². The number of aliphatic carboxylic acids is 1. The summed E-state index contributed by atoms with van der Waals surface area (Å²) in [6.45, 7) is 2.57. The maximum atomic E-state index is 14.0. The summed E-state index contributed by atoms with van der Waals surface area (Å²) in [7, 11) is 0. The molecule has 192 valence electrons. The van der Waals surface area contributed by atoms with Gasteiger partial charge < -0.3 is 21.1 Å². The smallest absolute Gasteiger partial charge is 0.303 e. The molecule has 0 spiro atoms. The topological polar surface area (TPSA) is 116 Å². The Hall–Kier alpha value is -2.45. The van der Waals surface area contributed by atoms with E-state index in [1.54, 1.807) is 4.90 Å². The summed E-state index contributed by atoms with van der Waals surface area (Å²) in [6, 6.07) is 9.59. The highest BCUT2D eigenvalue weighted by molar-refractivity contribution is 5.91. The van der Waals surface area contributed by atoms with Gasteiger partial charge >= 0.3 is 5.97 Å². The zero-order valence-electron chi connectivity index (χ0n) is 20.6. The second-order valence-electron chi connectivity index (χ2n) is 10.5. The lowest BCUT2D eigenvalue weighted by atomic mass is 9.86. The number of carboxylic acids is 1. The monoisotopic (exact) mass is 484 g/mol. The number of hydrogen-bond donors (Lipinski definition) is 3. The Balaban J connectivity index is 1.43. The molecule has 3 fully saturated rings. The molecule has 0 radical (unpaired) electrons. The Labute approximate surface area is 208 Å². The van der Waals surface area contributed by atoms with Gasteiger partial charge in [-0.3, -0.25) is 19.3 Å². The maximum Gasteiger partial charge on any atom is 0.303 e. The molecule has 2 heterocycles. The second-order valence-corrected chi connectivity index (χ2v) is 10.5. The number of hydrogen-bond acceptors (Lipinski definition) is 5. The van der Waals surface area contributed by atoms with Gasteiger partial charge in [-0.2, -0.15) is 0 Å². The molecule has 1 aromatic carbocycles. The predicted octanol–water partition coefficient (Wildman–Crippen LogP) is 2.33. The van der Waals surface area contributed by atoms with Crippen molar-refractivity contribution in [2.45, 2.75) is 81.8 Å². The van der Waals surface area contributed by atoms with Crippen LogP contribution in [0.25, 0.3) is 0 Å². The third kappa shape index (κ3) is 6.41. The molecule has 2 saturated heterocycles. The molecule has 0 bridgehead atoms.